The number of halogens is 3. The van der Waals surface area contributed by atoms with Gasteiger partial charge in [0.05, 0.1) is 5.56 Å². The molecular formula is C16H23F3. The smallest absolute Gasteiger partial charge is 0.166 e. The van der Waals surface area contributed by atoms with E-state index in [1.807, 2.05) is 41.5 Å². The molecule has 0 spiro atoms. The van der Waals surface area contributed by atoms with Crippen molar-refractivity contribution in [2.75, 3.05) is 0 Å². The molecule has 0 saturated heterocycles. The quantitative estimate of drug-likeness (QED) is 0.626. The summed E-state index contributed by atoms with van der Waals surface area (Å²) in [4.78, 5) is 0. The highest BCUT2D eigenvalue weighted by Crippen LogP contribution is 2.39. The van der Waals surface area contributed by atoms with Crippen LogP contribution in [0.4, 0.5) is 13.2 Å². The molecule has 0 heterocycles. The summed E-state index contributed by atoms with van der Waals surface area (Å²) in [5.74, 6) is 0.423. The molecule has 108 valence electrons. The minimum absolute atomic E-state index is 0.0946. The van der Waals surface area contributed by atoms with Gasteiger partial charge in [0.15, 0.2) is 0 Å². The first kappa shape index (κ1) is 16.1. The molecule has 0 amide bonds. The van der Waals surface area contributed by atoms with E-state index >= 15 is 0 Å². The molecule has 19 heavy (non-hydrogen) atoms. The molecule has 0 nitrogen and oxygen atoms in total. The van der Waals surface area contributed by atoms with Gasteiger partial charge in [0.2, 0.25) is 0 Å². The lowest BCUT2D eigenvalue weighted by molar-refractivity contribution is -0.137. The molecule has 0 aliphatic heterocycles. The van der Waals surface area contributed by atoms with Crippen LogP contribution in [0.15, 0.2) is 12.1 Å². The van der Waals surface area contributed by atoms with Gasteiger partial charge in [-0.1, -0.05) is 41.5 Å². The fraction of sp³-hybridized carbons (Fsp3) is 0.625. The van der Waals surface area contributed by atoms with Gasteiger partial charge in [-0.15, -0.1) is 0 Å². The average Bonchev–Trinajstić information content (AvgIpc) is 2.25. The second-order valence-electron chi connectivity index (χ2n) is 6.03. The van der Waals surface area contributed by atoms with E-state index in [1.54, 1.807) is 0 Å². The van der Waals surface area contributed by atoms with Crippen LogP contribution >= 0.6 is 0 Å². The van der Waals surface area contributed by atoms with Crippen LogP contribution in [0.3, 0.4) is 0 Å². The van der Waals surface area contributed by atoms with Crippen molar-refractivity contribution < 1.29 is 13.2 Å². The summed E-state index contributed by atoms with van der Waals surface area (Å²) in [6, 6.07) is 2.65. The van der Waals surface area contributed by atoms with Crippen molar-refractivity contribution in [3.05, 3.63) is 34.4 Å². The zero-order chi connectivity index (χ0) is 15.0. The summed E-state index contributed by atoms with van der Waals surface area (Å²) >= 11 is 0. The Kier molecular flexibility index (Phi) is 4.70. The Morgan fingerprint density at radius 2 is 1.11 bits per heavy atom. The maximum atomic E-state index is 13.0. The molecule has 0 aliphatic carbocycles. The second-order valence-corrected chi connectivity index (χ2v) is 6.03. The van der Waals surface area contributed by atoms with E-state index in [4.69, 9.17) is 0 Å². The third kappa shape index (κ3) is 3.52. The van der Waals surface area contributed by atoms with Crippen molar-refractivity contribution in [3.8, 4) is 0 Å². The second kappa shape index (κ2) is 5.56. The first-order chi connectivity index (χ1) is 8.55. The lowest BCUT2D eigenvalue weighted by Gasteiger charge is -2.24. The monoisotopic (exact) mass is 272 g/mol. The van der Waals surface area contributed by atoms with E-state index in [0.29, 0.717) is 0 Å². The van der Waals surface area contributed by atoms with Crippen molar-refractivity contribution in [2.24, 2.45) is 0 Å². The Labute approximate surface area is 114 Å². The summed E-state index contributed by atoms with van der Waals surface area (Å²) in [7, 11) is 0. The van der Waals surface area contributed by atoms with E-state index in [1.165, 1.54) is 12.1 Å². The van der Waals surface area contributed by atoms with E-state index in [9.17, 15) is 13.2 Å². The van der Waals surface area contributed by atoms with Crippen molar-refractivity contribution in [1.29, 1.82) is 0 Å². The summed E-state index contributed by atoms with van der Waals surface area (Å²) in [5, 5.41) is 0. The number of alkyl halides is 3. The molecule has 0 aromatic heterocycles. The predicted molar refractivity (Wildman–Crippen MR) is 73.7 cm³/mol. The molecule has 0 bridgehead atoms. The van der Waals surface area contributed by atoms with Crippen LogP contribution in [-0.2, 0) is 6.18 Å². The summed E-state index contributed by atoms with van der Waals surface area (Å²) < 4.78 is 39.0. The van der Waals surface area contributed by atoms with Gasteiger partial charge in [-0.25, -0.2) is 0 Å². The zero-order valence-electron chi connectivity index (χ0n) is 12.5. The van der Waals surface area contributed by atoms with Crippen molar-refractivity contribution >= 4 is 0 Å². The Hall–Kier alpha value is -0.990. The van der Waals surface area contributed by atoms with Crippen molar-refractivity contribution in [3.63, 3.8) is 0 Å². The minimum Gasteiger partial charge on any atom is -0.166 e. The maximum absolute atomic E-state index is 13.0. The van der Waals surface area contributed by atoms with E-state index in [-0.39, 0.29) is 17.8 Å². The van der Waals surface area contributed by atoms with Gasteiger partial charge in [0.25, 0.3) is 0 Å². The van der Waals surface area contributed by atoms with Crippen LogP contribution in [0.2, 0.25) is 0 Å². The number of benzene rings is 1. The Bertz CT molecular complexity index is 411. The molecule has 1 aromatic carbocycles. The topological polar surface area (TPSA) is 0 Å². The molecule has 0 radical (unpaired) electrons. The molecule has 1 aromatic rings. The van der Waals surface area contributed by atoms with Crippen molar-refractivity contribution in [1.82, 2.24) is 0 Å². The summed E-state index contributed by atoms with van der Waals surface area (Å²) in [5.41, 5.74) is 2.21. The number of hydrogen-bond donors (Lipinski definition) is 0. The van der Waals surface area contributed by atoms with Gasteiger partial charge >= 0.3 is 6.18 Å². The van der Waals surface area contributed by atoms with Crippen LogP contribution in [0.5, 0.6) is 0 Å². The SMILES string of the molecule is CC(C)c1cc(C(F)(F)F)cc(C(C)C)c1C(C)C. The molecule has 3 heteroatoms. The van der Waals surface area contributed by atoms with Gasteiger partial charge < -0.3 is 0 Å². The Morgan fingerprint density at radius 3 is 1.32 bits per heavy atom. The number of hydrogen-bond acceptors (Lipinski definition) is 0. The molecule has 0 atom stereocenters. The van der Waals surface area contributed by atoms with E-state index in [0.717, 1.165) is 16.7 Å². The van der Waals surface area contributed by atoms with E-state index in [2.05, 4.69) is 0 Å². The molecule has 0 unspecified atom stereocenters. The fourth-order valence-corrected chi connectivity index (χ4v) is 2.48. The Morgan fingerprint density at radius 1 is 0.737 bits per heavy atom. The van der Waals surface area contributed by atoms with Crippen LogP contribution in [0.1, 0.15) is 81.5 Å². The van der Waals surface area contributed by atoms with Gasteiger partial charge in [-0.2, -0.15) is 13.2 Å². The summed E-state index contributed by atoms with van der Waals surface area (Å²) in [6.07, 6.45) is -4.28. The average molecular weight is 272 g/mol. The van der Waals surface area contributed by atoms with Crippen LogP contribution in [-0.4, -0.2) is 0 Å². The van der Waals surface area contributed by atoms with Gasteiger partial charge in [-0.05, 0) is 46.6 Å². The highest BCUT2D eigenvalue weighted by molar-refractivity contribution is 5.45. The van der Waals surface area contributed by atoms with Gasteiger partial charge in [-0.3, -0.25) is 0 Å². The van der Waals surface area contributed by atoms with Gasteiger partial charge in [0, 0.05) is 0 Å². The first-order valence-electron chi connectivity index (χ1n) is 6.80. The number of rotatable bonds is 3. The third-order valence-corrected chi connectivity index (χ3v) is 3.39. The molecule has 0 aliphatic rings. The fourth-order valence-electron chi connectivity index (χ4n) is 2.48. The first-order valence-corrected chi connectivity index (χ1v) is 6.80. The normalized spacial score (nSPS) is 12.8. The third-order valence-electron chi connectivity index (χ3n) is 3.39. The predicted octanol–water partition coefficient (Wildman–Crippen LogP) is 6.08. The van der Waals surface area contributed by atoms with Gasteiger partial charge in [0.1, 0.15) is 0 Å². The lowest BCUT2D eigenvalue weighted by Crippen LogP contribution is -2.12. The Balaban J connectivity index is 3.63. The molecule has 0 fully saturated rings. The lowest BCUT2D eigenvalue weighted by atomic mass is 9.82. The minimum atomic E-state index is -4.28. The van der Waals surface area contributed by atoms with Crippen molar-refractivity contribution in [2.45, 2.75) is 65.5 Å². The highest BCUT2D eigenvalue weighted by atomic mass is 19.4. The zero-order valence-corrected chi connectivity index (χ0v) is 12.5. The summed E-state index contributed by atoms with van der Waals surface area (Å²) in [6.45, 7) is 11.9. The van der Waals surface area contributed by atoms with Crippen LogP contribution in [0.25, 0.3) is 0 Å². The van der Waals surface area contributed by atoms with E-state index < -0.39 is 11.7 Å². The largest absolute Gasteiger partial charge is 0.416 e. The standard InChI is InChI=1S/C16H23F3/c1-9(2)13-7-12(16(17,18)19)8-14(10(3)4)15(13)11(5)6/h7-11H,1-6H3. The van der Waals surface area contributed by atoms with Crippen LogP contribution < -0.4 is 0 Å². The molecule has 0 N–H and O–H groups in total. The van der Waals surface area contributed by atoms with Crippen LogP contribution in [0, 0.1) is 0 Å². The molecule has 1 rings (SSSR count). The highest BCUT2D eigenvalue weighted by Gasteiger charge is 2.33. The maximum Gasteiger partial charge on any atom is 0.416 e. The molecule has 0 saturated carbocycles. The molecular weight excluding hydrogens is 249 g/mol.